The maximum atomic E-state index is 13.3. The van der Waals surface area contributed by atoms with Crippen LogP contribution in [0.25, 0.3) is 11.1 Å². The van der Waals surface area contributed by atoms with Crippen molar-refractivity contribution < 1.29 is 41.4 Å². The molecule has 0 bridgehead atoms. The Labute approximate surface area is 207 Å². The normalized spacial score (nSPS) is 11.7. The third-order valence-corrected chi connectivity index (χ3v) is 6.51. The molecule has 11 heteroatoms. The van der Waals surface area contributed by atoms with Gasteiger partial charge in [-0.15, -0.1) is 0 Å². The first-order chi connectivity index (χ1) is 16.9. The molecule has 0 spiro atoms. The smallest absolute Gasteiger partial charge is 0.407 e. The van der Waals surface area contributed by atoms with Gasteiger partial charge in [-0.25, -0.2) is 22.4 Å². The molecule has 0 aliphatic heterocycles. The molecule has 0 saturated heterocycles. The molecule has 0 saturated carbocycles. The number of rotatable bonds is 9. The Kier molecular flexibility index (Phi) is 8.03. The molecule has 2 N–H and O–H groups in total. The van der Waals surface area contributed by atoms with Gasteiger partial charge in [-0.2, -0.15) is 0 Å². The zero-order valence-electron chi connectivity index (χ0n) is 19.9. The molecule has 192 valence electrons. The van der Waals surface area contributed by atoms with Crippen LogP contribution in [-0.4, -0.2) is 44.3 Å². The molecule has 36 heavy (non-hydrogen) atoms. The van der Waals surface area contributed by atoms with E-state index in [1.54, 1.807) is 26.8 Å². The zero-order valence-corrected chi connectivity index (χ0v) is 20.7. The van der Waals surface area contributed by atoms with E-state index in [4.69, 9.17) is 13.9 Å². The van der Waals surface area contributed by atoms with Crippen LogP contribution in [-0.2, 0) is 20.3 Å². The Balaban J connectivity index is 1.93. The predicted octanol–water partition coefficient (Wildman–Crippen LogP) is 4.66. The van der Waals surface area contributed by atoms with E-state index in [9.17, 15) is 27.5 Å². The summed E-state index contributed by atoms with van der Waals surface area (Å²) in [4.78, 5) is 24.0. The summed E-state index contributed by atoms with van der Waals surface area (Å²) in [7, 11) is -4.00. The summed E-state index contributed by atoms with van der Waals surface area (Å²) < 4.78 is 55.1. The number of benzene rings is 2. The minimum Gasteiger partial charge on any atom is -0.490 e. The molecule has 1 heterocycles. The number of carboxylic acid groups (broad SMARTS) is 1. The zero-order chi connectivity index (χ0) is 26.5. The molecule has 0 atom stereocenters. The van der Waals surface area contributed by atoms with Gasteiger partial charge in [0.05, 0.1) is 29.7 Å². The average Bonchev–Trinajstić information content (AvgIpc) is 3.30. The Morgan fingerprint density at radius 2 is 1.78 bits per heavy atom. The van der Waals surface area contributed by atoms with Crippen LogP contribution in [0.1, 0.15) is 36.7 Å². The molecular weight excluding hydrogens is 493 g/mol. The first kappa shape index (κ1) is 26.7. The van der Waals surface area contributed by atoms with Crippen molar-refractivity contribution in [2.75, 3.05) is 13.2 Å². The van der Waals surface area contributed by atoms with Gasteiger partial charge in [-0.1, -0.05) is 12.1 Å². The van der Waals surface area contributed by atoms with Gasteiger partial charge in [0.1, 0.15) is 29.3 Å². The number of ether oxygens (including phenoxy) is 2. The second-order valence-corrected chi connectivity index (χ2v) is 10.8. The van der Waals surface area contributed by atoms with E-state index >= 15 is 0 Å². The van der Waals surface area contributed by atoms with Crippen LogP contribution in [0.4, 0.5) is 9.18 Å². The van der Waals surface area contributed by atoms with Gasteiger partial charge in [0.25, 0.3) is 0 Å². The van der Waals surface area contributed by atoms with E-state index in [1.165, 1.54) is 24.7 Å². The van der Waals surface area contributed by atoms with Crippen molar-refractivity contribution in [3.8, 4) is 16.9 Å². The van der Waals surface area contributed by atoms with Crippen LogP contribution in [0.5, 0.6) is 5.75 Å². The summed E-state index contributed by atoms with van der Waals surface area (Å²) in [5, 5.41) is 12.5. The van der Waals surface area contributed by atoms with Crippen molar-refractivity contribution in [1.82, 2.24) is 5.32 Å². The van der Waals surface area contributed by atoms with Crippen LogP contribution in [0.2, 0.25) is 0 Å². The molecule has 0 fully saturated rings. The molecule has 0 aliphatic carbocycles. The Morgan fingerprint density at radius 3 is 2.36 bits per heavy atom. The Hall–Kier alpha value is -3.86. The van der Waals surface area contributed by atoms with Gasteiger partial charge in [0.15, 0.2) is 9.84 Å². The number of sulfone groups is 1. The number of aromatic carboxylic acids is 1. The highest BCUT2D eigenvalue weighted by molar-refractivity contribution is 7.90. The molecule has 1 aromatic heterocycles. The van der Waals surface area contributed by atoms with Gasteiger partial charge < -0.3 is 24.3 Å². The second kappa shape index (κ2) is 10.8. The maximum Gasteiger partial charge on any atom is 0.407 e. The molecule has 1 amide bonds. The van der Waals surface area contributed by atoms with Crippen molar-refractivity contribution in [3.63, 3.8) is 0 Å². The van der Waals surface area contributed by atoms with Crippen LogP contribution >= 0.6 is 0 Å². The van der Waals surface area contributed by atoms with Crippen molar-refractivity contribution in [3.05, 3.63) is 71.9 Å². The first-order valence-electron chi connectivity index (χ1n) is 10.9. The quantitative estimate of drug-likeness (QED) is 0.308. The average molecular weight is 520 g/mol. The number of nitrogens with one attached hydrogen (secondary N) is 1. The van der Waals surface area contributed by atoms with Crippen molar-refractivity contribution >= 4 is 21.9 Å². The predicted molar refractivity (Wildman–Crippen MR) is 128 cm³/mol. The van der Waals surface area contributed by atoms with Gasteiger partial charge in [0.2, 0.25) is 0 Å². The number of hydrogen-bond donors (Lipinski definition) is 2. The van der Waals surface area contributed by atoms with Crippen molar-refractivity contribution in [2.24, 2.45) is 0 Å². The molecule has 2 aromatic carbocycles. The lowest BCUT2D eigenvalue weighted by molar-refractivity contribution is 0.0518. The van der Waals surface area contributed by atoms with Crippen molar-refractivity contribution in [1.29, 1.82) is 0 Å². The number of carbonyl (C=O) groups excluding carboxylic acids is 1. The van der Waals surface area contributed by atoms with E-state index in [0.717, 1.165) is 24.3 Å². The molecule has 9 nitrogen and oxygen atoms in total. The molecule has 0 aliphatic rings. The lowest BCUT2D eigenvalue weighted by Gasteiger charge is -2.20. The molecule has 3 rings (SSSR count). The highest BCUT2D eigenvalue weighted by Gasteiger charge is 2.26. The number of carbonyl (C=O) groups is 2. The highest BCUT2D eigenvalue weighted by atomic mass is 32.2. The number of alkyl carbamates (subject to hydrolysis) is 1. The summed E-state index contributed by atoms with van der Waals surface area (Å²) >= 11 is 0. The first-order valence-corrected chi connectivity index (χ1v) is 12.5. The van der Waals surface area contributed by atoms with E-state index in [2.05, 4.69) is 5.32 Å². The van der Waals surface area contributed by atoms with Crippen molar-refractivity contribution in [2.45, 2.75) is 37.0 Å². The SMILES string of the molecule is CC(C)(C)OC(=O)NCCOc1c(-c2ccoc2)ccc(CS(=O)(=O)c2ccc(F)cc2)c1C(=O)O. The fourth-order valence-corrected chi connectivity index (χ4v) is 4.69. The Morgan fingerprint density at radius 1 is 1.08 bits per heavy atom. The maximum absolute atomic E-state index is 13.3. The standard InChI is InChI=1S/C25H26FNO8S/c1-25(2,3)35-24(30)27-11-13-34-22-20(16-10-12-33-14-16)9-4-17(21(22)23(28)29)15-36(31,32)19-7-5-18(26)6-8-19/h4-10,12,14H,11,13,15H2,1-3H3,(H,27,30)(H,28,29). The van der Waals surface area contributed by atoms with Crippen LogP contribution in [0, 0.1) is 5.82 Å². The largest absolute Gasteiger partial charge is 0.490 e. The lowest BCUT2D eigenvalue weighted by atomic mass is 9.99. The van der Waals surface area contributed by atoms with E-state index in [1.807, 2.05) is 0 Å². The fraction of sp³-hybridized carbons (Fsp3) is 0.280. The van der Waals surface area contributed by atoms with E-state index < -0.39 is 39.1 Å². The topological polar surface area (TPSA) is 132 Å². The lowest BCUT2D eigenvalue weighted by Crippen LogP contribution is -2.34. The summed E-state index contributed by atoms with van der Waals surface area (Å²) in [6.07, 6.45) is 2.12. The number of carboxylic acids is 1. The number of amides is 1. The van der Waals surface area contributed by atoms with Gasteiger partial charge in [-0.3, -0.25) is 0 Å². The van der Waals surface area contributed by atoms with Gasteiger partial charge in [-0.05, 0) is 56.7 Å². The summed E-state index contributed by atoms with van der Waals surface area (Å²) in [5.74, 6) is -2.74. The van der Waals surface area contributed by atoms with E-state index in [-0.39, 0.29) is 34.9 Å². The number of hydrogen-bond acceptors (Lipinski definition) is 7. The fourth-order valence-electron chi connectivity index (χ4n) is 3.32. The van der Waals surface area contributed by atoms with Crippen LogP contribution in [0.3, 0.4) is 0 Å². The van der Waals surface area contributed by atoms with E-state index in [0.29, 0.717) is 11.1 Å². The van der Waals surface area contributed by atoms with Crippen LogP contribution < -0.4 is 10.1 Å². The number of furan rings is 1. The third-order valence-electron chi connectivity index (χ3n) is 4.82. The Bertz CT molecular complexity index is 1330. The van der Waals surface area contributed by atoms with Gasteiger partial charge >= 0.3 is 12.1 Å². The summed E-state index contributed by atoms with van der Waals surface area (Å²) in [5.41, 5.74) is -0.187. The summed E-state index contributed by atoms with van der Waals surface area (Å²) in [6.45, 7) is 5.01. The minimum absolute atomic E-state index is 0.00307. The summed E-state index contributed by atoms with van der Waals surface area (Å²) in [6, 6.07) is 8.78. The second-order valence-electron chi connectivity index (χ2n) is 8.78. The minimum atomic E-state index is -4.00. The van der Waals surface area contributed by atoms with Gasteiger partial charge in [0, 0.05) is 11.1 Å². The number of halogens is 1. The molecular formula is C25H26FNO8S. The monoisotopic (exact) mass is 519 g/mol. The highest BCUT2D eigenvalue weighted by Crippen LogP contribution is 2.37. The molecule has 0 radical (unpaired) electrons. The molecule has 3 aromatic rings. The third kappa shape index (κ3) is 6.85. The molecule has 0 unspecified atom stereocenters. The van der Waals surface area contributed by atoms with Crippen LogP contribution in [0.15, 0.2) is 64.3 Å².